The molecule has 0 fully saturated rings. The van der Waals surface area contributed by atoms with Crippen LogP contribution in [0.2, 0.25) is 0 Å². The first-order chi connectivity index (χ1) is 13.5. The molecule has 0 aliphatic carbocycles. The van der Waals surface area contributed by atoms with Crippen LogP contribution in [0.1, 0.15) is 38.8 Å². The number of Topliss-reactive ketones (excluding diaryl/α,β-unsaturated/α-hetero) is 1. The quantitative estimate of drug-likeness (QED) is 0.662. The molecular formula is C22H17N3O3. The van der Waals surface area contributed by atoms with Gasteiger partial charge in [-0.05, 0) is 42.8 Å². The van der Waals surface area contributed by atoms with Crippen LogP contribution in [0.3, 0.4) is 0 Å². The van der Waals surface area contributed by atoms with Crippen molar-refractivity contribution in [2.45, 2.75) is 13.5 Å². The molecule has 0 radical (unpaired) electrons. The Morgan fingerprint density at radius 1 is 1.04 bits per heavy atom. The van der Waals surface area contributed by atoms with Gasteiger partial charge in [-0.25, -0.2) is 0 Å². The Balaban J connectivity index is 1.63. The molecule has 1 heterocycles. The highest BCUT2D eigenvalue weighted by molar-refractivity contribution is 6.04. The van der Waals surface area contributed by atoms with Gasteiger partial charge in [-0.1, -0.05) is 24.3 Å². The molecule has 0 bridgehead atoms. The van der Waals surface area contributed by atoms with Crippen LogP contribution < -0.4 is 10.1 Å². The minimum Gasteiger partial charge on any atom is -0.487 e. The summed E-state index contributed by atoms with van der Waals surface area (Å²) in [4.78, 5) is 27.8. The topological polar surface area (TPSA) is 92.1 Å². The van der Waals surface area contributed by atoms with E-state index in [2.05, 4.69) is 10.3 Å². The van der Waals surface area contributed by atoms with Gasteiger partial charge in [0.15, 0.2) is 5.78 Å². The summed E-state index contributed by atoms with van der Waals surface area (Å²) in [5.74, 6) is 0.147. The molecule has 138 valence electrons. The van der Waals surface area contributed by atoms with Crippen molar-refractivity contribution >= 4 is 17.4 Å². The third kappa shape index (κ3) is 4.80. The number of benzene rings is 2. The van der Waals surface area contributed by atoms with Crippen LogP contribution in [0.15, 0.2) is 67.0 Å². The number of pyridine rings is 1. The summed E-state index contributed by atoms with van der Waals surface area (Å²) >= 11 is 0. The fourth-order valence-electron chi connectivity index (χ4n) is 2.46. The molecule has 0 aliphatic rings. The average molecular weight is 371 g/mol. The third-order valence-corrected chi connectivity index (χ3v) is 4.01. The highest BCUT2D eigenvalue weighted by atomic mass is 16.5. The van der Waals surface area contributed by atoms with Gasteiger partial charge in [0.25, 0.3) is 5.91 Å². The molecule has 6 nitrogen and oxygen atoms in total. The largest absolute Gasteiger partial charge is 0.487 e. The van der Waals surface area contributed by atoms with Gasteiger partial charge < -0.3 is 10.1 Å². The van der Waals surface area contributed by atoms with Crippen LogP contribution >= 0.6 is 0 Å². The van der Waals surface area contributed by atoms with E-state index in [4.69, 9.17) is 10.00 Å². The molecule has 0 aliphatic heterocycles. The zero-order chi connectivity index (χ0) is 19.9. The first-order valence-electron chi connectivity index (χ1n) is 8.54. The second kappa shape index (κ2) is 8.60. The molecule has 2 aromatic carbocycles. The van der Waals surface area contributed by atoms with Crippen LogP contribution in [-0.4, -0.2) is 16.7 Å². The van der Waals surface area contributed by atoms with Crippen molar-refractivity contribution in [3.8, 4) is 11.8 Å². The van der Waals surface area contributed by atoms with Gasteiger partial charge in [0.05, 0.1) is 23.4 Å². The maximum absolute atomic E-state index is 12.4. The number of ketones is 1. The number of hydrogen-bond acceptors (Lipinski definition) is 5. The number of carbonyl (C=O) groups excluding carboxylic acids is 2. The van der Waals surface area contributed by atoms with E-state index in [-0.39, 0.29) is 11.7 Å². The molecular weight excluding hydrogens is 354 g/mol. The second-order valence-corrected chi connectivity index (χ2v) is 6.09. The van der Waals surface area contributed by atoms with E-state index < -0.39 is 0 Å². The van der Waals surface area contributed by atoms with Crippen molar-refractivity contribution in [2.24, 2.45) is 0 Å². The van der Waals surface area contributed by atoms with Gasteiger partial charge in [-0.15, -0.1) is 0 Å². The fourth-order valence-corrected chi connectivity index (χ4v) is 2.46. The van der Waals surface area contributed by atoms with Crippen LogP contribution in [0.25, 0.3) is 0 Å². The Kier molecular flexibility index (Phi) is 5.78. The van der Waals surface area contributed by atoms with Crippen molar-refractivity contribution in [3.05, 3.63) is 89.2 Å². The number of rotatable bonds is 6. The zero-order valence-corrected chi connectivity index (χ0v) is 15.2. The second-order valence-electron chi connectivity index (χ2n) is 6.09. The van der Waals surface area contributed by atoms with Crippen LogP contribution in [0.4, 0.5) is 5.69 Å². The number of anilines is 1. The lowest BCUT2D eigenvalue weighted by Gasteiger charge is -2.09. The summed E-state index contributed by atoms with van der Waals surface area (Å²) in [5, 5.41) is 11.6. The zero-order valence-electron chi connectivity index (χ0n) is 15.2. The number of amides is 1. The van der Waals surface area contributed by atoms with E-state index in [1.54, 1.807) is 42.5 Å². The van der Waals surface area contributed by atoms with Crippen molar-refractivity contribution in [2.75, 3.05) is 5.32 Å². The van der Waals surface area contributed by atoms with Gasteiger partial charge in [0.1, 0.15) is 12.4 Å². The molecule has 3 rings (SSSR count). The third-order valence-electron chi connectivity index (χ3n) is 4.01. The standard InChI is InChI=1S/C22H17N3O3/c1-15(26)18-6-2-17(3-7-18)14-28-21-10-19(12-24-13-21)22(27)25-20-8-4-16(11-23)5-9-20/h2-10,12-13H,14H2,1H3,(H,25,27). The SMILES string of the molecule is CC(=O)c1ccc(COc2cncc(C(=O)Nc3ccc(C#N)cc3)c2)cc1. The number of ether oxygens (including phenoxy) is 1. The predicted octanol–water partition coefficient (Wildman–Crippen LogP) is 3.99. The molecule has 0 saturated carbocycles. The monoisotopic (exact) mass is 371 g/mol. The Bertz CT molecular complexity index is 1040. The molecule has 0 saturated heterocycles. The Labute approximate surface area is 162 Å². The predicted molar refractivity (Wildman–Crippen MR) is 104 cm³/mol. The van der Waals surface area contributed by atoms with E-state index in [0.717, 1.165) is 5.56 Å². The highest BCUT2D eigenvalue weighted by Gasteiger charge is 2.09. The molecule has 0 unspecified atom stereocenters. The average Bonchev–Trinajstić information content (AvgIpc) is 2.73. The summed E-state index contributed by atoms with van der Waals surface area (Å²) < 4.78 is 5.70. The highest BCUT2D eigenvalue weighted by Crippen LogP contribution is 2.16. The summed E-state index contributed by atoms with van der Waals surface area (Å²) in [6.07, 6.45) is 2.98. The maximum atomic E-state index is 12.4. The first-order valence-corrected chi connectivity index (χ1v) is 8.54. The first kappa shape index (κ1) is 18.8. The smallest absolute Gasteiger partial charge is 0.257 e. The molecule has 0 atom stereocenters. The van der Waals surface area contributed by atoms with E-state index in [1.807, 2.05) is 18.2 Å². The van der Waals surface area contributed by atoms with Gasteiger partial charge in [0.2, 0.25) is 0 Å². The van der Waals surface area contributed by atoms with E-state index >= 15 is 0 Å². The number of carbonyl (C=O) groups is 2. The lowest BCUT2D eigenvalue weighted by molar-refractivity contribution is 0.101. The minimum absolute atomic E-state index is 0.0117. The Morgan fingerprint density at radius 2 is 1.75 bits per heavy atom. The van der Waals surface area contributed by atoms with E-state index in [0.29, 0.717) is 34.7 Å². The van der Waals surface area contributed by atoms with Gasteiger partial charge >= 0.3 is 0 Å². The van der Waals surface area contributed by atoms with Crippen LogP contribution in [0, 0.1) is 11.3 Å². The molecule has 1 aromatic heterocycles. The lowest BCUT2D eigenvalue weighted by Crippen LogP contribution is -2.12. The van der Waals surface area contributed by atoms with Crippen molar-refractivity contribution < 1.29 is 14.3 Å². The Hall–Kier alpha value is -3.98. The van der Waals surface area contributed by atoms with E-state index in [1.165, 1.54) is 19.3 Å². The Morgan fingerprint density at radius 3 is 2.39 bits per heavy atom. The number of nitriles is 1. The summed E-state index contributed by atoms with van der Waals surface area (Å²) in [6, 6.07) is 17.4. The van der Waals surface area contributed by atoms with Crippen molar-refractivity contribution in [1.29, 1.82) is 5.26 Å². The summed E-state index contributed by atoms with van der Waals surface area (Å²) in [5.41, 5.74) is 3.00. The maximum Gasteiger partial charge on any atom is 0.257 e. The minimum atomic E-state index is -0.325. The van der Waals surface area contributed by atoms with Crippen molar-refractivity contribution in [3.63, 3.8) is 0 Å². The number of nitrogens with one attached hydrogen (secondary N) is 1. The normalized spacial score (nSPS) is 10.0. The number of hydrogen-bond donors (Lipinski definition) is 1. The molecule has 3 aromatic rings. The van der Waals surface area contributed by atoms with Crippen LogP contribution in [0.5, 0.6) is 5.75 Å². The lowest BCUT2D eigenvalue weighted by atomic mass is 10.1. The van der Waals surface area contributed by atoms with Gasteiger partial charge in [-0.2, -0.15) is 5.26 Å². The molecule has 1 amide bonds. The summed E-state index contributed by atoms with van der Waals surface area (Å²) in [6.45, 7) is 1.81. The number of aromatic nitrogens is 1. The summed E-state index contributed by atoms with van der Waals surface area (Å²) in [7, 11) is 0. The molecule has 6 heteroatoms. The molecule has 1 N–H and O–H groups in total. The van der Waals surface area contributed by atoms with Crippen LogP contribution in [-0.2, 0) is 6.61 Å². The molecule has 28 heavy (non-hydrogen) atoms. The number of nitrogens with zero attached hydrogens (tertiary/aromatic N) is 2. The van der Waals surface area contributed by atoms with E-state index in [9.17, 15) is 9.59 Å². The van der Waals surface area contributed by atoms with Gasteiger partial charge in [0, 0.05) is 17.4 Å². The van der Waals surface area contributed by atoms with Crippen molar-refractivity contribution in [1.82, 2.24) is 4.98 Å². The van der Waals surface area contributed by atoms with Gasteiger partial charge in [-0.3, -0.25) is 14.6 Å². The fraction of sp³-hybridized carbons (Fsp3) is 0.0909. The molecule has 0 spiro atoms.